The maximum Gasteiger partial charge on any atom is 0.286 e. The number of hydrogen-bond donors (Lipinski definition) is 1. The van der Waals surface area contributed by atoms with E-state index in [0.29, 0.717) is 25.4 Å². The molecule has 0 radical (unpaired) electrons. The Hall–Kier alpha value is -3.71. The normalized spacial score (nSPS) is 15.3. The number of nitrogens with one attached hydrogen (secondary N) is 1. The van der Waals surface area contributed by atoms with E-state index in [1.54, 1.807) is 0 Å². The number of ether oxygens (including phenoxy) is 2. The minimum atomic E-state index is -0.493. The summed E-state index contributed by atoms with van der Waals surface area (Å²) in [6.07, 6.45) is 4.41. The molecule has 1 unspecified atom stereocenters. The van der Waals surface area contributed by atoms with Gasteiger partial charge in [-0.2, -0.15) is 0 Å². The monoisotopic (exact) mass is 501 g/mol. The number of thioether (sulfide) groups is 1. The zero-order valence-corrected chi connectivity index (χ0v) is 20.8. The lowest BCUT2D eigenvalue weighted by molar-refractivity contribution is -0.119. The molecular weight excluding hydrogens is 474 g/mol. The van der Waals surface area contributed by atoms with Crippen LogP contribution in [0.25, 0.3) is 22.1 Å². The Morgan fingerprint density at radius 3 is 2.44 bits per heavy atom. The summed E-state index contributed by atoms with van der Waals surface area (Å²) in [6, 6.07) is 21.7. The Kier molecular flexibility index (Phi) is 7.28. The quantitative estimate of drug-likeness (QED) is 0.238. The summed E-state index contributed by atoms with van der Waals surface area (Å²) in [5.74, 6) is 1.29. The number of rotatable bonds is 10. The fourth-order valence-electron chi connectivity index (χ4n) is 4.35. The predicted molar refractivity (Wildman–Crippen MR) is 142 cm³/mol. The third-order valence-corrected chi connectivity index (χ3v) is 7.11. The van der Waals surface area contributed by atoms with Gasteiger partial charge in [0.1, 0.15) is 22.3 Å². The second-order valence-corrected chi connectivity index (χ2v) is 9.66. The number of carbonyl (C=O) groups excluding carboxylic acids is 2. The Balaban J connectivity index is 1.18. The highest BCUT2D eigenvalue weighted by Crippen LogP contribution is 2.37. The van der Waals surface area contributed by atoms with Crippen LogP contribution in [0.2, 0.25) is 0 Å². The van der Waals surface area contributed by atoms with Crippen LogP contribution in [0.1, 0.15) is 36.1 Å². The smallest absolute Gasteiger partial charge is 0.286 e. The molecule has 184 valence electrons. The average molecular weight is 502 g/mol. The Morgan fingerprint density at radius 1 is 0.944 bits per heavy atom. The van der Waals surface area contributed by atoms with E-state index < -0.39 is 5.25 Å². The molecule has 1 aliphatic rings. The van der Waals surface area contributed by atoms with Crippen LogP contribution in [0, 0.1) is 0 Å². The van der Waals surface area contributed by atoms with Crippen molar-refractivity contribution in [3.8, 4) is 22.6 Å². The Morgan fingerprint density at radius 2 is 1.72 bits per heavy atom. The second-order valence-electron chi connectivity index (χ2n) is 8.58. The first-order valence-corrected chi connectivity index (χ1v) is 13.0. The SMILES string of the molecule is CCCc1c(OCCCOc2ccc(C3SC(=O)NC3=O)cc2)ccc2c(-c3ccccc3)coc12. The molecule has 5 rings (SSSR count). The summed E-state index contributed by atoms with van der Waals surface area (Å²) in [7, 11) is 0. The zero-order valence-electron chi connectivity index (χ0n) is 20.0. The van der Waals surface area contributed by atoms with Crippen LogP contribution in [0.5, 0.6) is 11.5 Å². The van der Waals surface area contributed by atoms with Crippen molar-refractivity contribution in [2.24, 2.45) is 0 Å². The van der Waals surface area contributed by atoms with Crippen LogP contribution >= 0.6 is 11.8 Å². The third-order valence-electron chi connectivity index (χ3n) is 6.07. The predicted octanol–water partition coefficient (Wildman–Crippen LogP) is 6.92. The molecule has 2 amide bonds. The van der Waals surface area contributed by atoms with Gasteiger partial charge in [0.2, 0.25) is 5.91 Å². The van der Waals surface area contributed by atoms with Gasteiger partial charge in [-0.25, -0.2) is 0 Å². The highest BCUT2D eigenvalue weighted by Gasteiger charge is 2.32. The highest BCUT2D eigenvalue weighted by atomic mass is 32.2. The molecule has 4 aromatic rings. The van der Waals surface area contributed by atoms with Crippen molar-refractivity contribution >= 4 is 33.9 Å². The van der Waals surface area contributed by atoms with Crippen molar-refractivity contribution in [1.29, 1.82) is 0 Å². The van der Waals surface area contributed by atoms with E-state index in [9.17, 15) is 9.59 Å². The maximum atomic E-state index is 11.8. The van der Waals surface area contributed by atoms with E-state index in [-0.39, 0.29) is 11.1 Å². The molecule has 36 heavy (non-hydrogen) atoms. The van der Waals surface area contributed by atoms with Gasteiger partial charge >= 0.3 is 0 Å². The zero-order chi connectivity index (χ0) is 24.9. The molecule has 3 aromatic carbocycles. The van der Waals surface area contributed by atoms with Gasteiger partial charge in [0, 0.05) is 22.9 Å². The molecule has 1 saturated heterocycles. The van der Waals surface area contributed by atoms with Gasteiger partial charge < -0.3 is 13.9 Å². The number of furan rings is 1. The largest absolute Gasteiger partial charge is 0.493 e. The lowest BCUT2D eigenvalue weighted by Crippen LogP contribution is -2.20. The molecule has 0 bridgehead atoms. The lowest BCUT2D eigenvalue weighted by atomic mass is 10.0. The van der Waals surface area contributed by atoms with Crippen molar-refractivity contribution in [2.45, 2.75) is 31.4 Å². The van der Waals surface area contributed by atoms with Crippen molar-refractivity contribution < 1.29 is 23.5 Å². The molecule has 0 saturated carbocycles. The fourth-order valence-corrected chi connectivity index (χ4v) is 5.18. The number of benzene rings is 3. The summed E-state index contributed by atoms with van der Waals surface area (Å²) >= 11 is 0.997. The summed E-state index contributed by atoms with van der Waals surface area (Å²) in [4.78, 5) is 23.2. The molecule has 0 aliphatic carbocycles. The van der Waals surface area contributed by atoms with E-state index in [2.05, 4.69) is 30.4 Å². The summed E-state index contributed by atoms with van der Waals surface area (Å²) in [6.45, 7) is 3.17. The summed E-state index contributed by atoms with van der Waals surface area (Å²) in [5, 5.41) is 2.60. The van der Waals surface area contributed by atoms with Crippen molar-refractivity contribution in [3.05, 3.63) is 84.1 Å². The van der Waals surface area contributed by atoms with E-state index in [0.717, 1.165) is 63.6 Å². The molecule has 6 nitrogen and oxygen atoms in total. The van der Waals surface area contributed by atoms with E-state index in [4.69, 9.17) is 13.9 Å². The average Bonchev–Trinajstić information content (AvgIpc) is 3.48. The number of imide groups is 1. The van der Waals surface area contributed by atoms with Crippen LogP contribution in [-0.4, -0.2) is 24.4 Å². The van der Waals surface area contributed by atoms with Crippen LogP contribution in [0.15, 0.2) is 77.4 Å². The first-order valence-electron chi connectivity index (χ1n) is 12.1. The molecule has 1 fully saturated rings. The number of carbonyl (C=O) groups is 2. The standard InChI is InChI=1S/C29H27NO5S/c1-2-7-23-25(15-14-22-24(18-35-26(22)23)19-8-4-3-5-9-19)34-17-6-16-33-21-12-10-20(11-13-21)27-28(31)30-29(32)36-27/h3-5,8-15,18,27H,2,6-7,16-17H2,1H3,(H,30,31,32). The van der Waals surface area contributed by atoms with Crippen molar-refractivity contribution in [1.82, 2.24) is 5.32 Å². The Bertz CT molecular complexity index is 1360. The van der Waals surface area contributed by atoms with Crippen molar-refractivity contribution in [3.63, 3.8) is 0 Å². The van der Waals surface area contributed by atoms with Gasteiger partial charge in [0.25, 0.3) is 5.24 Å². The van der Waals surface area contributed by atoms with Gasteiger partial charge in [-0.05, 0) is 53.6 Å². The lowest BCUT2D eigenvalue weighted by Gasteiger charge is -2.13. The Labute approximate surface area is 214 Å². The number of amides is 2. The van der Waals surface area contributed by atoms with Crippen LogP contribution in [0.4, 0.5) is 4.79 Å². The van der Waals surface area contributed by atoms with Gasteiger partial charge in [0.05, 0.1) is 19.5 Å². The van der Waals surface area contributed by atoms with Crippen LogP contribution in [-0.2, 0) is 11.2 Å². The third kappa shape index (κ3) is 5.11. The number of hydrogen-bond acceptors (Lipinski definition) is 6. The van der Waals surface area contributed by atoms with Crippen LogP contribution < -0.4 is 14.8 Å². The fraction of sp³-hybridized carbons (Fsp3) is 0.241. The summed E-state index contributed by atoms with van der Waals surface area (Å²) in [5.41, 5.74) is 5.00. The summed E-state index contributed by atoms with van der Waals surface area (Å²) < 4.78 is 18.0. The molecule has 0 spiro atoms. The first-order chi connectivity index (χ1) is 17.6. The minimum absolute atomic E-state index is 0.276. The van der Waals surface area contributed by atoms with Gasteiger partial charge in [-0.3, -0.25) is 14.9 Å². The number of fused-ring (bicyclic) bond motifs is 1. The van der Waals surface area contributed by atoms with Gasteiger partial charge in [-0.1, -0.05) is 55.8 Å². The topological polar surface area (TPSA) is 77.8 Å². The number of aryl methyl sites for hydroxylation is 1. The minimum Gasteiger partial charge on any atom is -0.493 e. The molecular formula is C29H27NO5S. The molecule has 2 heterocycles. The molecule has 7 heteroatoms. The van der Waals surface area contributed by atoms with Crippen LogP contribution in [0.3, 0.4) is 0 Å². The van der Waals surface area contributed by atoms with E-state index in [1.807, 2.05) is 54.8 Å². The van der Waals surface area contributed by atoms with Gasteiger partial charge in [-0.15, -0.1) is 0 Å². The second kappa shape index (κ2) is 10.9. The maximum absolute atomic E-state index is 11.8. The first kappa shape index (κ1) is 24.0. The molecule has 1 atom stereocenters. The van der Waals surface area contributed by atoms with Gasteiger partial charge in [0.15, 0.2) is 0 Å². The van der Waals surface area contributed by atoms with Crippen molar-refractivity contribution in [2.75, 3.05) is 13.2 Å². The molecule has 1 aliphatic heterocycles. The molecule has 1 aromatic heterocycles. The highest BCUT2D eigenvalue weighted by molar-refractivity contribution is 8.15. The molecule has 1 N–H and O–H groups in total. The van der Waals surface area contributed by atoms with E-state index in [1.165, 1.54) is 0 Å². The van der Waals surface area contributed by atoms with E-state index >= 15 is 0 Å².